The molecule has 1 N–H and O–H groups in total. The van der Waals surface area contributed by atoms with Gasteiger partial charge in [0, 0.05) is 24.0 Å². The summed E-state index contributed by atoms with van der Waals surface area (Å²) in [7, 11) is 0. The van der Waals surface area contributed by atoms with Crippen molar-refractivity contribution in [2.45, 2.75) is 26.0 Å². The van der Waals surface area contributed by atoms with Gasteiger partial charge in [0.15, 0.2) is 0 Å². The summed E-state index contributed by atoms with van der Waals surface area (Å²) < 4.78 is 5.62. The van der Waals surface area contributed by atoms with E-state index in [4.69, 9.17) is 16.3 Å². The van der Waals surface area contributed by atoms with E-state index in [0.717, 1.165) is 48.6 Å². The zero-order chi connectivity index (χ0) is 18.9. The SMILES string of the molecule is O=C(NCCOCc1ccccc1)C1CCN(Cc2ccccc2Cl)CC1. The lowest BCUT2D eigenvalue weighted by atomic mass is 9.95. The number of carbonyl (C=O) groups is 1. The molecule has 0 aliphatic carbocycles. The Labute approximate surface area is 166 Å². The van der Waals surface area contributed by atoms with Gasteiger partial charge >= 0.3 is 0 Å². The number of ether oxygens (including phenoxy) is 1. The molecule has 1 aliphatic heterocycles. The summed E-state index contributed by atoms with van der Waals surface area (Å²) in [5.74, 6) is 0.248. The van der Waals surface area contributed by atoms with Crippen LogP contribution in [0.1, 0.15) is 24.0 Å². The highest BCUT2D eigenvalue weighted by atomic mass is 35.5. The Morgan fingerprint density at radius 2 is 1.78 bits per heavy atom. The zero-order valence-corrected chi connectivity index (χ0v) is 16.3. The van der Waals surface area contributed by atoms with E-state index in [2.05, 4.69) is 16.3 Å². The van der Waals surface area contributed by atoms with Gasteiger partial charge in [0.2, 0.25) is 5.91 Å². The van der Waals surface area contributed by atoms with Gasteiger partial charge in [-0.05, 0) is 43.1 Å². The van der Waals surface area contributed by atoms with Crippen LogP contribution < -0.4 is 5.32 Å². The summed E-state index contributed by atoms with van der Waals surface area (Å²) in [6, 6.07) is 18.0. The molecule has 0 radical (unpaired) electrons. The van der Waals surface area contributed by atoms with Crippen LogP contribution in [0.4, 0.5) is 0 Å². The van der Waals surface area contributed by atoms with E-state index in [9.17, 15) is 4.79 Å². The molecule has 0 bridgehead atoms. The van der Waals surface area contributed by atoms with Crippen LogP contribution in [0.5, 0.6) is 0 Å². The van der Waals surface area contributed by atoms with Crippen molar-refractivity contribution >= 4 is 17.5 Å². The van der Waals surface area contributed by atoms with Gasteiger partial charge in [0.25, 0.3) is 0 Å². The van der Waals surface area contributed by atoms with E-state index >= 15 is 0 Å². The minimum atomic E-state index is 0.0987. The number of nitrogens with zero attached hydrogens (tertiary/aromatic N) is 1. The molecule has 1 fully saturated rings. The van der Waals surface area contributed by atoms with Crippen molar-refractivity contribution in [2.75, 3.05) is 26.2 Å². The quantitative estimate of drug-likeness (QED) is 0.700. The second kappa shape index (κ2) is 10.5. The van der Waals surface area contributed by atoms with Crippen molar-refractivity contribution in [1.29, 1.82) is 0 Å². The third kappa shape index (κ3) is 6.35. The first-order valence-electron chi connectivity index (χ1n) is 9.57. The van der Waals surface area contributed by atoms with Crippen LogP contribution >= 0.6 is 11.6 Å². The Balaban J connectivity index is 1.31. The number of benzene rings is 2. The molecule has 0 spiro atoms. The third-order valence-corrected chi connectivity index (χ3v) is 5.34. The number of nitrogens with one attached hydrogen (secondary N) is 1. The van der Waals surface area contributed by atoms with Crippen LogP contribution in [0, 0.1) is 5.92 Å². The molecule has 144 valence electrons. The number of halogens is 1. The van der Waals surface area contributed by atoms with E-state index in [1.54, 1.807) is 0 Å². The van der Waals surface area contributed by atoms with Crippen molar-refractivity contribution in [3.8, 4) is 0 Å². The first-order valence-corrected chi connectivity index (χ1v) is 9.95. The monoisotopic (exact) mass is 386 g/mol. The van der Waals surface area contributed by atoms with Crippen molar-refractivity contribution < 1.29 is 9.53 Å². The van der Waals surface area contributed by atoms with Gasteiger partial charge in [-0.3, -0.25) is 9.69 Å². The average molecular weight is 387 g/mol. The summed E-state index contributed by atoms with van der Waals surface area (Å²) in [6.07, 6.45) is 1.78. The standard InChI is InChI=1S/C22H27ClN2O2/c23-21-9-5-4-8-20(21)16-25-13-10-19(11-14-25)22(26)24-12-15-27-17-18-6-2-1-3-7-18/h1-9,19H,10-17H2,(H,24,26). The van der Waals surface area contributed by atoms with Crippen molar-refractivity contribution in [3.05, 3.63) is 70.7 Å². The second-order valence-corrected chi connectivity index (χ2v) is 7.38. The molecule has 1 saturated heterocycles. The van der Waals surface area contributed by atoms with Gasteiger partial charge in [-0.2, -0.15) is 0 Å². The van der Waals surface area contributed by atoms with Gasteiger partial charge in [0.1, 0.15) is 0 Å². The number of hydrogen-bond donors (Lipinski definition) is 1. The topological polar surface area (TPSA) is 41.6 Å². The van der Waals surface area contributed by atoms with E-state index in [0.29, 0.717) is 19.8 Å². The molecule has 1 aliphatic rings. The molecule has 0 unspecified atom stereocenters. The van der Waals surface area contributed by atoms with Crippen LogP contribution in [0.15, 0.2) is 54.6 Å². The molecule has 3 rings (SSSR count). The first-order chi connectivity index (χ1) is 13.2. The van der Waals surface area contributed by atoms with E-state index in [1.807, 2.05) is 48.5 Å². The van der Waals surface area contributed by atoms with E-state index < -0.39 is 0 Å². The molecular weight excluding hydrogens is 360 g/mol. The Morgan fingerprint density at radius 3 is 2.52 bits per heavy atom. The molecule has 5 heteroatoms. The summed E-state index contributed by atoms with van der Waals surface area (Å²) in [5.41, 5.74) is 2.30. The van der Waals surface area contributed by atoms with E-state index in [-0.39, 0.29) is 11.8 Å². The highest BCUT2D eigenvalue weighted by Gasteiger charge is 2.24. The first kappa shape index (κ1) is 19.9. The molecule has 0 aromatic heterocycles. The average Bonchev–Trinajstić information content (AvgIpc) is 2.71. The van der Waals surface area contributed by atoms with Crippen LogP contribution in [0.25, 0.3) is 0 Å². The van der Waals surface area contributed by atoms with Gasteiger partial charge in [-0.1, -0.05) is 60.1 Å². The largest absolute Gasteiger partial charge is 0.375 e. The molecule has 0 atom stereocenters. The van der Waals surface area contributed by atoms with Crippen LogP contribution in [0.2, 0.25) is 5.02 Å². The van der Waals surface area contributed by atoms with Gasteiger partial charge < -0.3 is 10.1 Å². The molecular formula is C22H27ClN2O2. The van der Waals surface area contributed by atoms with Crippen LogP contribution in [0.3, 0.4) is 0 Å². The third-order valence-electron chi connectivity index (χ3n) is 4.97. The smallest absolute Gasteiger partial charge is 0.223 e. The molecule has 0 saturated carbocycles. The Morgan fingerprint density at radius 1 is 1.07 bits per heavy atom. The Bertz CT molecular complexity index is 715. The minimum absolute atomic E-state index is 0.0987. The number of amides is 1. The number of carbonyl (C=O) groups excluding carboxylic acids is 1. The molecule has 4 nitrogen and oxygen atoms in total. The van der Waals surface area contributed by atoms with Gasteiger partial charge in [-0.25, -0.2) is 0 Å². The molecule has 27 heavy (non-hydrogen) atoms. The highest BCUT2D eigenvalue weighted by Crippen LogP contribution is 2.22. The molecule has 2 aromatic rings. The number of likely N-dealkylation sites (tertiary alicyclic amines) is 1. The second-order valence-electron chi connectivity index (χ2n) is 6.97. The van der Waals surface area contributed by atoms with Crippen molar-refractivity contribution in [2.24, 2.45) is 5.92 Å². The number of rotatable bonds is 8. The predicted octanol–water partition coefficient (Wildman–Crippen LogP) is 3.89. The van der Waals surface area contributed by atoms with Crippen LogP contribution in [-0.2, 0) is 22.7 Å². The molecule has 1 amide bonds. The maximum Gasteiger partial charge on any atom is 0.223 e. The normalized spacial score (nSPS) is 15.6. The minimum Gasteiger partial charge on any atom is -0.375 e. The molecule has 2 aromatic carbocycles. The summed E-state index contributed by atoms with van der Waals surface area (Å²) >= 11 is 6.24. The Kier molecular flexibility index (Phi) is 7.69. The maximum absolute atomic E-state index is 12.3. The summed E-state index contributed by atoms with van der Waals surface area (Å²) in [4.78, 5) is 14.7. The zero-order valence-electron chi connectivity index (χ0n) is 15.6. The summed E-state index contributed by atoms with van der Waals surface area (Å²) in [6.45, 7) is 4.37. The number of piperidine rings is 1. The Hall–Kier alpha value is -1.88. The fourth-order valence-corrected chi connectivity index (χ4v) is 3.57. The lowest BCUT2D eigenvalue weighted by Crippen LogP contribution is -2.41. The maximum atomic E-state index is 12.3. The molecule has 1 heterocycles. The van der Waals surface area contributed by atoms with Crippen molar-refractivity contribution in [3.63, 3.8) is 0 Å². The number of hydrogen-bond acceptors (Lipinski definition) is 3. The lowest BCUT2D eigenvalue weighted by Gasteiger charge is -2.31. The van der Waals surface area contributed by atoms with E-state index in [1.165, 1.54) is 0 Å². The van der Waals surface area contributed by atoms with Gasteiger partial charge in [-0.15, -0.1) is 0 Å². The van der Waals surface area contributed by atoms with Crippen LogP contribution in [-0.4, -0.2) is 37.0 Å². The van der Waals surface area contributed by atoms with Crippen molar-refractivity contribution in [1.82, 2.24) is 10.2 Å². The lowest BCUT2D eigenvalue weighted by molar-refractivity contribution is -0.126. The highest BCUT2D eigenvalue weighted by molar-refractivity contribution is 6.31. The van der Waals surface area contributed by atoms with Gasteiger partial charge in [0.05, 0.1) is 13.2 Å². The summed E-state index contributed by atoms with van der Waals surface area (Å²) in [5, 5.41) is 3.82. The predicted molar refractivity (Wildman–Crippen MR) is 109 cm³/mol. The fourth-order valence-electron chi connectivity index (χ4n) is 3.38. The fraction of sp³-hybridized carbons (Fsp3) is 0.409.